The molecule has 3 rings (SSSR count). The number of aromatic hydroxyl groups is 1. The van der Waals surface area contributed by atoms with Gasteiger partial charge in [0.05, 0.1) is 6.04 Å². The second-order valence-electron chi connectivity index (χ2n) is 15.7. The normalized spacial score (nSPS) is 16.1. The number of amides is 6. The van der Waals surface area contributed by atoms with E-state index in [4.69, 9.17) is 22.6 Å². The number of carbonyl (C=O) groups excluding carboxylic acids is 6. The molecule has 1 saturated heterocycles. The van der Waals surface area contributed by atoms with E-state index in [2.05, 4.69) is 44.5 Å². The fourth-order valence-corrected chi connectivity index (χ4v) is 7.77. The number of nitrogens with two attached hydrogens (primary N) is 3. The Morgan fingerprint density at radius 3 is 1.97 bits per heavy atom. The summed E-state index contributed by atoms with van der Waals surface area (Å²) in [6, 6.07) is 6.72. The van der Waals surface area contributed by atoms with Crippen molar-refractivity contribution in [3.63, 3.8) is 0 Å². The van der Waals surface area contributed by atoms with E-state index in [1.165, 1.54) is 28.8 Å². The second kappa shape index (κ2) is 28.4. The van der Waals surface area contributed by atoms with Crippen LogP contribution in [0.3, 0.4) is 0 Å². The van der Waals surface area contributed by atoms with Crippen LogP contribution in [0.4, 0.5) is 0 Å². The van der Waals surface area contributed by atoms with Gasteiger partial charge in [0.2, 0.25) is 35.4 Å². The number of hydrogen-bond acceptors (Lipinski definition) is 13. The van der Waals surface area contributed by atoms with Gasteiger partial charge < -0.3 is 64.2 Å². The maximum Gasteiger partial charge on any atom is 0.326 e. The molecule has 22 heteroatoms. The van der Waals surface area contributed by atoms with Gasteiger partial charge >= 0.3 is 5.97 Å². The van der Waals surface area contributed by atoms with Crippen LogP contribution in [0.15, 0.2) is 54.6 Å². The lowest BCUT2D eigenvalue weighted by Gasteiger charge is -2.31. The van der Waals surface area contributed by atoms with Gasteiger partial charge in [-0.05, 0) is 93.2 Å². The van der Waals surface area contributed by atoms with Gasteiger partial charge in [-0.2, -0.15) is 24.4 Å². The largest absolute Gasteiger partial charge is 0.508 e. The van der Waals surface area contributed by atoms with Gasteiger partial charge in [-0.25, -0.2) is 4.79 Å². The Bertz CT molecular complexity index is 1900. The minimum Gasteiger partial charge on any atom is -0.508 e. The summed E-state index contributed by atoms with van der Waals surface area (Å²) in [7, 11) is 0. The molecule has 358 valence electrons. The molecule has 0 aliphatic carbocycles. The van der Waals surface area contributed by atoms with Crippen molar-refractivity contribution in [2.45, 2.75) is 107 Å². The first-order valence-corrected chi connectivity index (χ1v) is 23.6. The van der Waals surface area contributed by atoms with Crippen molar-refractivity contribution in [1.82, 2.24) is 36.8 Å². The number of carboxylic acids is 1. The van der Waals surface area contributed by atoms with Crippen molar-refractivity contribution in [3.8, 4) is 5.75 Å². The summed E-state index contributed by atoms with van der Waals surface area (Å²) in [5, 5.41) is 43.4. The Hall–Kier alpha value is -5.58. The Kier molecular flexibility index (Phi) is 23.5. The van der Waals surface area contributed by atoms with E-state index in [0.29, 0.717) is 49.1 Å². The number of nitrogens with zero attached hydrogens (tertiary/aromatic N) is 1. The van der Waals surface area contributed by atoms with E-state index < -0.39 is 83.7 Å². The predicted octanol–water partition coefficient (Wildman–Crippen LogP) is -0.921. The summed E-state index contributed by atoms with van der Waals surface area (Å²) >= 11 is 5.49. The summed E-state index contributed by atoms with van der Waals surface area (Å²) in [5.41, 5.74) is 18.1. The third kappa shape index (κ3) is 18.4. The molecule has 2 aromatic carbocycles. The first-order chi connectivity index (χ1) is 31.1. The number of carbonyl (C=O) groups is 7. The number of nitrogens with one attached hydrogen (secondary N) is 7. The first kappa shape index (κ1) is 53.8. The summed E-state index contributed by atoms with van der Waals surface area (Å²) in [5.74, 6) is -5.14. The Labute approximate surface area is 389 Å². The van der Waals surface area contributed by atoms with Crippen LogP contribution < -0.4 is 49.1 Å². The highest BCUT2D eigenvalue weighted by molar-refractivity contribution is 7.98. The predicted molar refractivity (Wildman–Crippen MR) is 251 cm³/mol. The number of likely N-dealkylation sites (tertiary alicyclic amines) is 1. The molecule has 0 spiro atoms. The summed E-state index contributed by atoms with van der Waals surface area (Å²) < 4.78 is 0. The van der Waals surface area contributed by atoms with E-state index in [0.717, 1.165) is 0 Å². The smallest absolute Gasteiger partial charge is 0.326 e. The van der Waals surface area contributed by atoms with Crippen molar-refractivity contribution in [2.75, 3.05) is 37.4 Å². The van der Waals surface area contributed by atoms with Crippen LogP contribution in [-0.2, 0) is 46.4 Å². The lowest BCUT2D eigenvalue weighted by atomic mass is 10.0. The van der Waals surface area contributed by atoms with Gasteiger partial charge in [0.1, 0.15) is 42.0 Å². The zero-order valence-electron chi connectivity index (χ0n) is 36.6. The second-order valence-corrected chi connectivity index (χ2v) is 17.1. The van der Waals surface area contributed by atoms with Crippen LogP contribution in [-0.4, -0.2) is 142 Å². The summed E-state index contributed by atoms with van der Waals surface area (Å²) in [4.78, 5) is 96.8. The number of guanidine groups is 1. The summed E-state index contributed by atoms with van der Waals surface area (Å²) in [6.07, 6.45) is 4.15. The van der Waals surface area contributed by atoms with E-state index in [1.54, 1.807) is 42.5 Å². The third-order valence-corrected chi connectivity index (χ3v) is 11.7. The van der Waals surface area contributed by atoms with E-state index in [-0.39, 0.29) is 69.1 Å². The third-order valence-electron chi connectivity index (χ3n) is 10.7. The Balaban J connectivity index is 1.93. The highest BCUT2D eigenvalue weighted by Crippen LogP contribution is 2.21. The van der Waals surface area contributed by atoms with Gasteiger partial charge in [-0.3, -0.25) is 34.2 Å². The Morgan fingerprint density at radius 1 is 0.785 bits per heavy atom. The molecule has 7 atom stereocenters. The van der Waals surface area contributed by atoms with Gasteiger partial charge in [0, 0.05) is 31.7 Å². The van der Waals surface area contributed by atoms with Gasteiger partial charge in [-0.1, -0.05) is 42.5 Å². The average molecular weight is 944 g/mol. The molecule has 0 aromatic heterocycles. The molecule has 0 unspecified atom stereocenters. The number of carboxylic acid groups (broad SMARTS) is 1. The number of benzene rings is 2. The molecule has 6 amide bonds. The van der Waals surface area contributed by atoms with Crippen LogP contribution in [0.1, 0.15) is 62.5 Å². The Morgan fingerprint density at radius 2 is 1.35 bits per heavy atom. The molecule has 15 N–H and O–H groups in total. The maximum absolute atomic E-state index is 14.5. The van der Waals surface area contributed by atoms with Gasteiger partial charge in [0.15, 0.2) is 5.96 Å². The number of hydrogen-bond donors (Lipinski definition) is 13. The van der Waals surface area contributed by atoms with Crippen molar-refractivity contribution in [1.29, 1.82) is 5.41 Å². The monoisotopic (exact) mass is 943 g/mol. The first-order valence-electron chi connectivity index (χ1n) is 21.6. The number of thioether (sulfide) groups is 1. The van der Waals surface area contributed by atoms with Crippen LogP contribution in [0.2, 0.25) is 0 Å². The van der Waals surface area contributed by atoms with Crippen molar-refractivity contribution in [2.24, 2.45) is 17.2 Å². The average Bonchev–Trinajstić information content (AvgIpc) is 3.78. The lowest BCUT2D eigenvalue weighted by Crippen LogP contribution is -2.60. The van der Waals surface area contributed by atoms with E-state index in [1.807, 2.05) is 6.26 Å². The fraction of sp³-hybridized carbons (Fsp3) is 0.535. The number of phenolic OH excluding ortho intramolecular Hbond substituents is 1. The summed E-state index contributed by atoms with van der Waals surface area (Å²) in [6.45, 7) is 0.757. The molecule has 1 aliphatic heterocycles. The lowest BCUT2D eigenvalue weighted by molar-refractivity contribution is -0.145. The maximum atomic E-state index is 14.5. The van der Waals surface area contributed by atoms with Crippen LogP contribution >= 0.6 is 24.4 Å². The minimum atomic E-state index is -1.34. The van der Waals surface area contributed by atoms with Crippen molar-refractivity contribution in [3.05, 3.63) is 65.7 Å². The molecule has 65 heavy (non-hydrogen) atoms. The topological polar surface area (TPSA) is 337 Å². The van der Waals surface area contributed by atoms with Crippen LogP contribution in [0, 0.1) is 5.41 Å². The molecule has 0 bridgehead atoms. The molecular weight excluding hydrogens is 879 g/mol. The highest BCUT2D eigenvalue weighted by atomic mass is 32.2. The number of unbranched alkanes of at least 4 members (excludes halogenated alkanes) is 1. The quantitative estimate of drug-likeness (QED) is 0.0213. The molecule has 0 radical (unpaired) electrons. The van der Waals surface area contributed by atoms with E-state index >= 15 is 0 Å². The molecular formula is C43H65N11O9S2. The molecule has 1 fully saturated rings. The van der Waals surface area contributed by atoms with Crippen molar-refractivity contribution >= 4 is 71.8 Å². The number of thiol groups is 1. The van der Waals surface area contributed by atoms with Gasteiger partial charge in [0.25, 0.3) is 0 Å². The molecule has 20 nitrogen and oxygen atoms in total. The zero-order chi connectivity index (χ0) is 47.9. The molecule has 0 saturated carbocycles. The highest BCUT2D eigenvalue weighted by Gasteiger charge is 2.40. The van der Waals surface area contributed by atoms with Gasteiger partial charge in [-0.15, -0.1) is 0 Å². The number of rotatable bonds is 28. The molecule has 1 heterocycles. The fourth-order valence-electron chi connectivity index (χ4n) is 7.13. The van der Waals surface area contributed by atoms with Crippen LogP contribution in [0.5, 0.6) is 5.75 Å². The van der Waals surface area contributed by atoms with Crippen LogP contribution in [0.25, 0.3) is 0 Å². The number of phenols is 1. The molecule has 2 aromatic rings. The van der Waals surface area contributed by atoms with E-state index in [9.17, 15) is 43.8 Å². The van der Waals surface area contributed by atoms with Crippen molar-refractivity contribution < 1.29 is 43.8 Å². The molecule has 1 aliphatic rings. The zero-order valence-corrected chi connectivity index (χ0v) is 38.3. The number of aliphatic carboxylic acids is 1. The SMILES string of the molecule is CSCC[C@H](NC(=O)[C@H](CCCNC(=N)N)NC(=O)[C@@H](N)CS)C(=O)N[C@@H](Cc1ccc(O)cc1)C(=O)N[C@@H](Cc1ccccc1)C(=O)N1CCC[C@H]1C(=O)N[C@@H](CCCCN)C(=O)O. The standard InChI is InChI=1S/C43H65N11O9S2/c1-65-22-18-31(50-37(57)30(12-7-20-48-43(46)47)49-36(56)29(45)25-64)38(58)52-33(23-27-14-16-28(55)17-15-27)39(59)53-34(24-26-9-3-2-4-10-26)41(61)54-21-8-13-35(54)40(60)51-32(42(62)63)11-5-6-19-44/h2-4,9-10,14-17,29-35,55,64H,5-8,11-13,18-25,44-45H2,1H3,(H,49,56)(H,50,57)(H,51,60)(H,52,58)(H,53,59)(H,62,63)(H4,46,47,48)/t29-,30-,31-,32-,33-,34-,35-/m0/s1. The minimum absolute atomic E-state index is 0.00420.